The summed E-state index contributed by atoms with van der Waals surface area (Å²) >= 11 is 3.51. The Balaban J connectivity index is 2.11. The molecule has 4 heteroatoms. The van der Waals surface area contributed by atoms with Crippen LogP contribution in [0.4, 0.5) is 0 Å². The van der Waals surface area contributed by atoms with Gasteiger partial charge in [-0.05, 0) is 62.4 Å². The molecule has 1 amide bonds. The molecule has 2 fully saturated rings. The van der Waals surface area contributed by atoms with Crippen LogP contribution >= 0.6 is 15.9 Å². The lowest BCUT2D eigenvalue weighted by Gasteiger charge is -2.39. The number of nitrogens with one attached hydrogen (secondary N) is 1. The van der Waals surface area contributed by atoms with Gasteiger partial charge in [0.25, 0.3) is 0 Å². The van der Waals surface area contributed by atoms with E-state index in [1.165, 1.54) is 6.42 Å². The lowest BCUT2D eigenvalue weighted by molar-refractivity contribution is -0.125. The minimum atomic E-state index is -0.869. The average Bonchev–Trinajstić information content (AvgIpc) is 2.61. The van der Waals surface area contributed by atoms with Gasteiger partial charge in [0.05, 0.1) is 17.1 Å². The molecule has 3 rings (SSSR count). The van der Waals surface area contributed by atoms with Crippen molar-refractivity contribution in [3.05, 3.63) is 33.3 Å². The summed E-state index contributed by atoms with van der Waals surface area (Å²) in [4.78, 5) is 12.9. The van der Waals surface area contributed by atoms with Gasteiger partial charge in [-0.3, -0.25) is 4.79 Å². The number of carbonyl (C=O) groups is 1. The number of carbonyl (C=O) groups excluding carboxylic acids is 1. The molecule has 1 spiro atoms. The van der Waals surface area contributed by atoms with Gasteiger partial charge < -0.3 is 10.4 Å². The van der Waals surface area contributed by atoms with Crippen molar-refractivity contribution in [1.82, 2.24) is 5.32 Å². The summed E-state index contributed by atoms with van der Waals surface area (Å²) in [7, 11) is 0. The van der Waals surface area contributed by atoms with E-state index in [0.717, 1.165) is 46.8 Å². The summed E-state index contributed by atoms with van der Waals surface area (Å²) in [5, 5.41) is 14.3. The van der Waals surface area contributed by atoms with Crippen LogP contribution in [0.25, 0.3) is 0 Å². The van der Waals surface area contributed by atoms with Crippen molar-refractivity contribution in [3.8, 4) is 0 Å². The molecule has 1 saturated heterocycles. The molecule has 0 radical (unpaired) electrons. The maximum absolute atomic E-state index is 12.9. The molecule has 120 valence electrons. The number of aryl methyl sites for hydroxylation is 2. The van der Waals surface area contributed by atoms with Crippen LogP contribution in [-0.2, 0) is 10.2 Å². The van der Waals surface area contributed by atoms with Gasteiger partial charge >= 0.3 is 0 Å². The summed E-state index contributed by atoms with van der Waals surface area (Å²) in [5.41, 5.74) is 1.78. The van der Waals surface area contributed by atoms with Crippen LogP contribution < -0.4 is 5.32 Å². The number of aliphatic hydroxyl groups excluding tert-OH is 1. The van der Waals surface area contributed by atoms with Crippen molar-refractivity contribution in [2.75, 3.05) is 0 Å². The Morgan fingerprint density at radius 2 is 1.73 bits per heavy atom. The summed E-state index contributed by atoms with van der Waals surface area (Å²) in [6, 6.07) is 4.05. The minimum Gasteiger partial charge on any atom is -0.389 e. The molecular formula is C18H24BrNO2. The van der Waals surface area contributed by atoms with Gasteiger partial charge in [-0.1, -0.05) is 35.2 Å². The molecule has 1 heterocycles. The van der Waals surface area contributed by atoms with Gasteiger partial charge in [-0.15, -0.1) is 0 Å². The van der Waals surface area contributed by atoms with E-state index in [2.05, 4.69) is 21.2 Å². The third-order valence-electron chi connectivity index (χ3n) is 5.67. The molecule has 2 N–H and O–H groups in total. The maximum atomic E-state index is 12.9. The second-order valence-corrected chi connectivity index (χ2v) is 8.11. The topological polar surface area (TPSA) is 49.3 Å². The zero-order valence-electron chi connectivity index (χ0n) is 13.5. The third-order valence-corrected chi connectivity index (χ3v) is 6.12. The first kappa shape index (κ1) is 16.0. The predicted molar refractivity (Wildman–Crippen MR) is 90.9 cm³/mol. The lowest BCUT2D eigenvalue weighted by atomic mass is 9.67. The fourth-order valence-electron chi connectivity index (χ4n) is 4.66. The standard InChI is InChI=1S/C18H24BrNO2/c1-11-9-13(19)10-12(2)14(11)17(3)15(21)18(20-16(17)22)7-5-4-6-8-18/h9-10,15,21H,4-8H2,1-3H3,(H,20,22). The van der Waals surface area contributed by atoms with E-state index in [9.17, 15) is 9.90 Å². The van der Waals surface area contributed by atoms with Crippen molar-refractivity contribution < 1.29 is 9.90 Å². The SMILES string of the molecule is Cc1cc(Br)cc(C)c1C1(C)C(=O)NC2(CCCCC2)C1O. The first-order chi connectivity index (χ1) is 10.3. The summed E-state index contributed by atoms with van der Waals surface area (Å²) in [6.07, 6.45) is 4.43. The Hall–Kier alpha value is -0.870. The lowest BCUT2D eigenvalue weighted by Crippen LogP contribution is -2.52. The van der Waals surface area contributed by atoms with Crippen molar-refractivity contribution in [2.45, 2.75) is 69.9 Å². The molecule has 2 aliphatic rings. The highest BCUT2D eigenvalue weighted by Gasteiger charge is 2.60. The Bertz CT molecular complexity index is 599. The molecule has 0 bridgehead atoms. The third kappa shape index (κ3) is 2.15. The zero-order valence-corrected chi connectivity index (χ0v) is 15.1. The number of aliphatic hydroxyl groups is 1. The number of hydrogen-bond donors (Lipinski definition) is 2. The average molecular weight is 366 g/mol. The number of rotatable bonds is 1. The highest BCUT2D eigenvalue weighted by Crippen LogP contribution is 2.47. The van der Waals surface area contributed by atoms with Crippen molar-refractivity contribution in [2.24, 2.45) is 0 Å². The van der Waals surface area contributed by atoms with Gasteiger partial charge in [-0.25, -0.2) is 0 Å². The fourth-order valence-corrected chi connectivity index (χ4v) is 5.35. The minimum absolute atomic E-state index is 0.0320. The highest BCUT2D eigenvalue weighted by molar-refractivity contribution is 9.10. The van der Waals surface area contributed by atoms with E-state index in [-0.39, 0.29) is 5.91 Å². The van der Waals surface area contributed by atoms with Crippen LogP contribution in [-0.4, -0.2) is 22.7 Å². The van der Waals surface area contributed by atoms with Crippen molar-refractivity contribution in [1.29, 1.82) is 0 Å². The van der Waals surface area contributed by atoms with Gasteiger partial charge in [0, 0.05) is 4.47 Å². The summed E-state index contributed by atoms with van der Waals surface area (Å²) in [6.45, 7) is 5.94. The zero-order chi connectivity index (χ0) is 16.1. The highest BCUT2D eigenvalue weighted by atomic mass is 79.9. The molecular weight excluding hydrogens is 342 g/mol. The number of halogens is 1. The Morgan fingerprint density at radius 3 is 2.27 bits per heavy atom. The summed E-state index contributed by atoms with van der Waals surface area (Å²) < 4.78 is 1.01. The van der Waals surface area contributed by atoms with E-state index in [1.807, 2.05) is 32.9 Å². The molecule has 2 atom stereocenters. The van der Waals surface area contributed by atoms with Crippen LogP contribution in [0, 0.1) is 13.8 Å². The van der Waals surface area contributed by atoms with Crippen LogP contribution in [0.5, 0.6) is 0 Å². The van der Waals surface area contributed by atoms with Gasteiger partial charge in [0.15, 0.2) is 0 Å². The molecule has 3 nitrogen and oxygen atoms in total. The Labute approximate surface area is 140 Å². The first-order valence-electron chi connectivity index (χ1n) is 8.09. The molecule has 1 aromatic rings. The predicted octanol–water partition coefficient (Wildman–Crippen LogP) is 3.52. The normalized spacial score (nSPS) is 30.6. The Morgan fingerprint density at radius 1 is 1.18 bits per heavy atom. The first-order valence-corrected chi connectivity index (χ1v) is 8.88. The van der Waals surface area contributed by atoms with Crippen LogP contribution in [0.3, 0.4) is 0 Å². The Kier molecular flexibility index (Phi) is 3.89. The fraction of sp³-hybridized carbons (Fsp3) is 0.611. The smallest absolute Gasteiger partial charge is 0.233 e. The van der Waals surface area contributed by atoms with Gasteiger partial charge in [-0.2, -0.15) is 0 Å². The molecule has 22 heavy (non-hydrogen) atoms. The number of benzene rings is 1. The molecule has 0 aromatic heterocycles. The monoisotopic (exact) mass is 365 g/mol. The molecule has 1 aliphatic heterocycles. The quantitative estimate of drug-likeness (QED) is 0.799. The van der Waals surface area contributed by atoms with Crippen LogP contribution in [0.1, 0.15) is 55.7 Å². The van der Waals surface area contributed by atoms with E-state index < -0.39 is 17.1 Å². The van der Waals surface area contributed by atoms with Gasteiger partial charge in [0.1, 0.15) is 0 Å². The van der Waals surface area contributed by atoms with E-state index in [1.54, 1.807) is 0 Å². The molecule has 1 aliphatic carbocycles. The molecule has 1 aromatic carbocycles. The van der Waals surface area contributed by atoms with Crippen LogP contribution in [0.2, 0.25) is 0 Å². The van der Waals surface area contributed by atoms with E-state index in [4.69, 9.17) is 0 Å². The molecule has 1 saturated carbocycles. The second kappa shape index (κ2) is 5.34. The summed E-state index contributed by atoms with van der Waals surface area (Å²) in [5.74, 6) is -0.0320. The van der Waals surface area contributed by atoms with Crippen molar-refractivity contribution in [3.63, 3.8) is 0 Å². The van der Waals surface area contributed by atoms with Crippen molar-refractivity contribution >= 4 is 21.8 Å². The maximum Gasteiger partial charge on any atom is 0.233 e. The van der Waals surface area contributed by atoms with Gasteiger partial charge in [0.2, 0.25) is 5.91 Å². The molecule has 2 unspecified atom stereocenters. The number of hydrogen-bond acceptors (Lipinski definition) is 2. The number of amides is 1. The second-order valence-electron chi connectivity index (χ2n) is 7.19. The largest absolute Gasteiger partial charge is 0.389 e. The van der Waals surface area contributed by atoms with E-state index in [0.29, 0.717) is 0 Å². The van der Waals surface area contributed by atoms with E-state index >= 15 is 0 Å². The van der Waals surface area contributed by atoms with Crippen LogP contribution in [0.15, 0.2) is 16.6 Å².